The van der Waals surface area contributed by atoms with Crippen LogP contribution in [0.25, 0.3) is 11.1 Å². The molecule has 0 radical (unpaired) electrons. The van der Waals surface area contributed by atoms with Gasteiger partial charge in [-0.3, -0.25) is 9.91 Å². The molecule has 2 aliphatic rings. The SMILES string of the molecule is Clc1ccc(C=NN2CCN(C3c4ccccc4-c4ccccc43)CC2)cc1Cl. The third-order valence-corrected chi connectivity index (χ3v) is 6.51. The fourth-order valence-corrected chi connectivity index (χ4v) is 4.65. The minimum atomic E-state index is 0.337. The Balaban J connectivity index is 1.31. The van der Waals surface area contributed by atoms with Crippen LogP contribution in [0.3, 0.4) is 0 Å². The molecule has 3 aromatic rings. The molecule has 3 nitrogen and oxygen atoms in total. The van der Waals surface area contributed by atoms with Gasteiger partial charge in [0.1, 0.15) is 0 Å². The minimum Gasteiger partial charge on any atom is -0.294 e. The Hall–Kier alpha value is -2.33. The number of benzene rings is 3. The lowest BCUT2D eigenvalue weighted by Gasteiger charge is -2.37. The Bertz CT molecular complexity index is 1030. The highest BCUT2D eigenvalue weighted by Crippen LogP contribution is 2.46. The van der Waals surface area contributed by atoms with Crippen LogP contribution < -0.4 is 0 Å². The van der Waals surface area contributed by atoms with Gasteiger partial charge in [0.15, 0.2) is 0 Å². The molecule has 0 N–H and O–H groups in total. The van der Waals surface area contributed by atoms with Crippen LogP contribution in [0, 0.1) is 0 Å². The molecule has 3 aromatic carbocycles. The lowest BCUT2D eigenvalue weighted by molar-refractivity contribution is 0.114. The zero-order valence-corrected chi connectivity index (χ0v) is 17.4. The molecule has 0 atom stereocenters. The van der Waals surface area contributed by atoms with Gasteiger partial charge in [0, 0.05) is 26.2 Å². The van der Waals surface area contributed by atoms with Gasteiger partial charge in [-0.25, -0.2) is 0 Å². The third kappa shape index (κ3) is 3.55. The Morgan fingerprint density at radius 1 is 0.759 bits per heavy atom. The number of nitrogens with zero attached hydrogens (tertiary/aromatic N) is 3. The molecule has 0 unspecified atom stereocenters. The van der Waals surface area contributed by atoms with Gasteiger partial charge in [-0.15, -0.1) is 0 Å². The van der Waals surface area contributed by atoms with Crippen molar-refractivity contribution in [2.75, 3.05) is 26.2 Å². The van der Waals surface area contributed by atoms with Crippen molar-refractivity contribution >= 4 is 29.4 Å². The molecule has 0 bridgehead atoms. The Morgan fingerprint density at radius 2 is 1.38 bits per heavy atom. The average molecular weight is 422 g/mol. The molecule has 1 saturated heterocycles. The van der Waals surface area contributed by atoms with Crippen molar-refractivity contribution < 1.29 is 0 Å². The molecule has 29 heavy (non-hydrogen) atoms. The Morgan fingerprint density at radius 3 is 2.00 bits per heavy atom. The Kier molecular flexibility index (Phi) is 5.04. The molecule has 0 aromatic heterocycles. The monoisotopic (exact) mass is 421 g/mol. The maximum atomic E-state index is 6.10. The van der Waals surface area contributed by atoms with E-state index in [-0.39, 0.29) is 0 Å². The van der Waals surface area contributed by atoms with Crippen molar-refractivity contribution in [3.63, 3.8) is 0 Å². The third-order valence-electron chi connectivity index (χ3n) is 5.77. The van der Waals surface area contributed by atoms with Gasteiger partial charge < -0.3 is 0 Å². The average Bonchev–Trinajstić information content (AvgIpc) is 3.10. The van der Waals surface area contributed by atoms with E-state index in [0.717, 1.165) is 31.7 Å². The summed E-state index contributed by atoms with van der Waals surface area (Å²) in [5.74, 6) is 0. The molecular weight excluding hydrogens is 401 g/mol. The molecule has 1 heterocycles. The van der Waals surface area contributed by atoms with Crippen molar-refractivity contribution in [1.29, 1.82) is 0 Å². The largest absolute Gasteiger partial charge is 0.294 e. The first-order chi connectivity index (χ1) is 14.2. The molecule has 5 rings (SSSR count). The quantitative estimate of drug-likeness (QED) is 0.503. The lowest BCUT2D eigenvalue weighted by Crippen LogP contribution is -2.45. The van der Waals surface area contributed by atoms with Crippen molar-refractivity contribution in [1.82, 2.24) is 9.91 Å². The molecule has 0 saturated carbocycles. The highest BCUT2D eigenvalue weighted by molar-refractivity contribution is 6.42. The molecule has 146 valence electrons. The highest BCUT2D eigenvalue weighted by Gasteiger charge is 2.33. The maximum absolute atomic E-state index is 6.10. The predicted octanol–water partition coefficient (Wildman–Crippen LogP) is 5.71. The van der Waals surface area contributed by atoms with E-state index in [9.17, 15) is 0 Å². The molecule has 1 aliphatic heterocycles. The van der Waals surface area contributed by atoms with Crippen LogP contribution >= 0.6 is 23.2 Å². The van der Waals surface area contributed by atoms with Gasteiger partial charge in [0.25, 0.3) is 0 Å². The highest BCUT2D eigenvalue weighted by atomic mass is 35.5. The second-order valence-corrected chi connectivity index (χ2v) is 8.30. The van der Waals surface area contributed by atoms with E-state index < -0.39 is 0 Å². The van der Waals surface area contributed by atoms with Gasteiger partial charge in [0.05, 0.1) is 22.3 Å². The number of fused-ring (bicyclic) bond motifs is 3. The summed E-state index contributed by atoms with van der Waals surface area (Å²) in [6.45, 7) is 3.76. The summed E-state index contributed by atoms with van der Waals surface area (Å²) in [6, 6.07) is 23.5. The summed E-state index contributed by atoms with van der Waals surface area (Å²) in [7, 11) is 0. The van der Waals surface area contributed by atoms with Gasteiger partial charge in [0.2, 0.25) is 0 Å². The van der Waals surface area contributed by atoms with E-state index in [2.05, 4.69) is 63.5 Å². The minimum absolute atomic E-state index is 0.337. The number of hydrogen-bond acceptors (Lipinski definition) is 3. The van der Waals surface area contributed by atoms with E-state index >= 15 is 0 Å². The van der Waals surface area contributed by atoms with Gasteiger partial charge in [-0.2, -0.15) is 5.10 Å². The van der Waals surface area contributed by atoms with Gasteiger partial charge in [-0.05, 0) is 39.9 Å². The second kappa shape index (κ2) is 7.83. The topological polar surface area (TPSA) is 18.8 Å². The first-order valence-electron chi connectivity index (χ1n) is 9.87. The fourth-order valence-electron chi connectivity index (χ4n) is 4.35. The van der Waals surface area contributed by atoms with Crippen LogP contribution in [0.2, 0.25) is 10.0 Å². The molecule has 1 fully saturated rings. The van der Waals surface area contributed by atoms with Crippen LogP contribution in [0.1, 0.15) is 22.7 Å². The zero-order valence-electron chi connectivity index (χ0n) is 15.9. The first kappa shape index (κ1) is 18.7. The maximum Gasteiger partial charge on any atom is 0.0615 e. The fraction of sp³-hybridized carbons (Fsp3) is 0.208. The number of hydrogen-bond donors (Lipinski definition) is 0. The number of halogens is 2. The lowest BCUT2D eigenvalue weighted by atomic mass is 10.0. The van der Waals surface area contributed by atoms with E-state index in [1.165, 1.54) is 22.3 Å². The summed E-state index contributed by atoms with van der Waals surface area (Å²) in [6.07, 6.45) is 1.86. The van der Waals surface area contributed by atoms with Crippen LogP contribution in [-0.4, -0.2) is 42.3 Å². The standard InChI is InChI=1S/C24H21Cl2N3/c25-22-10-9-17(15-23(22)26)16-27-29-13-11-28(12-14-29)24-20-7-3-1-5-18(20)19-6-2-4-8-21(19)24/h1-10,15-16,24H,11-14H2. The first-order valence-corrected chi connectivity index (χ1v) is 10.6. The van der Waals surface area contributed by atoms with Crippen molar-refractivity contribution in [2.45, 2.75) is 6.04 Å². The van der Waals surface area contributed by atoms with Crippen molar-refractivity contribution in [2.24, 2.45) is 5.10 Å². The van der Waals surface area contributed by atoms with Crippen molar-refractivity contribution in [3.8, 4) is 11.1 Å². The number of rotatable bonds is 3. The molecule has 0 amide bonds. The summed E-state index contributed by atoms with van der Waals surface area (Å²) in [4.78, 5) is 2.58. The van der Waals surface area contributed by atoms with E-state index in [4.69, 9.17) is 23.2 Å². The smallest absolute Gasteiger partial charge is 0.0615 e. The van der Waals surface area contributed by atoms with E-state index in [0.29, 0.717) is 16.1 Å². The summed E-state index contributed by atoms with van der Waals surface area (Å²) in [5.41, 5.74) is 6.53. The normalized spacial score (nSPS) is 17.0. The number of piperazine rings is 1. The second-order valence-electron chi connectivity index (χ2n) is 7.48. The molecule has 5 heteroatoms. The summed E-state index contributed by atoms with van der Waals surface area (Å²) < 4.78 is 0. The Labute approximate surface area is 181 Å². The van der Waals surface area contributed by atoms with Gasteiger partial charge >= 0.3 is 0 Å². The van der Waals surface area contributed by atoms with Crippen molar-refractivity contribution in [3.05, 3.63) is 93.5 Å². The van der Waals surface area contributed by atoms with Crippen LogP contribution in [0.4, 0.5) is 0 Å². The summed E-state index contributed by atoms with van der Waals surface area (Å²) in [5, 5.41) is 7.90. The van der Waals surface area contributed by atoms with Crippen LogP contribution in [0.15, 0.2) is 71.8 Å². The van der Waals surface area contributed by atoms with E-state index in [1.54, 1.807) is 6.07 Å². The molecule has 0 spiro atoms. The summed E-state index contributed by atoms with van der Waals surface area (Å²) >= 11 is 12.1. The van der Waals surface area contributed by atoms with Gasteiger partial charge in [-0.1, -0.05) is 77.8 Å². The van der Waals surface area contributed by atoms with E-state index in [1.807, 2.05) is 18.3 Å². The molecular formula is C24H21Cl2N3. The predicted molar refractivity (Wildman–Crippen MR) is 121 cm³/mol. The van der Waals surface area contributed by atoms with Crippen LogP contribution in [0.5, 0.6) is 0 Å². The zero-order chi connectivity index (χ0) is 19.8. The van der Waals surface area contributed by atoms with Crippen LogP contribution in [-0.2, 0) is 0 Å². The number of hydrazone groups is 1. The molecule has 1 aliphatic carbocycles.